The Morgan fingerprint density at radius 1 is 1.27 bits per heavy atom. The summed E-state index contributed by atoms with van der Waals surface area (Å²) in [7, 11) is 1.59. The Labute approximate surface area is 170 Å². The number of nitrogens with zero attached hydrogens (tertiary/aromatic N) is 2. The van der Waals surface area contributed by atoms with Crippen molar-refractivity contribution in [2.24, 2.45) is 4.99 Å². The number of benzene rings is 1. The fourth-order valence-corrected chi connectivity index (χ4v) is 2.87. The van der Waals surface area contributed by atoms with E-state index in [0.717, 1.165) is 22.3 Å². The lowest BCUT2D eigenvalue weighted by Crippen LogP contribution is -2.37. The first-order valence-corrected chi connectivity index (χ1v) is 8.38. The Hall–Kier alpha value is -1.43. The summed E-state index contributed by atoms with van der Waals surface area (Å²) in [6.45, 7) is 2.54. The number of aliphatic imine (C=N–C) groups is 1. The van der Waals surface area contributed by atoms with Gasteiger partial charge in [0.05, 0.1) is 5.01 Å². The molecule has 0 atom stereocenters. The highest BCUT2D eigenvalue weighted by Crippen LogP contribution is 2.29. The number of hydrogen-bond acceptors (Lipinski definition) is 3. The van der Waals surface area contributed by atoms with Crippen LogP contribution in [-0.4, -0.2) is 24.5 Å². The number of aromatic nitrogens is 1. The van der Waals surface area contributed by atoms with Gasteiger partial charge in [0, 0.05) is 31.9 Å². The fraction of sp³-hybridized carbons (Fsp3) is 0.375. The molecule has 2 aromatic rings. The van der Waals surface area contributed by atoms with Gasteiger partial charge in [-0.25, -0.2) is 9.37 Å². The second-order valence-corrected chi connectivity index (χ2v) is 6.25. The number of aryl methyl sites for hydroxylation is 1. The van der Waals surface area contributed by atoms with Crippen LogP contribution in [0.3, 0.4) is 0 Å². The molecule has 0 fully saturated rings. The van der Waals surface area contributed by atoms with Gasteiger partial charge < -0.3 is 10.6 Å². The first-order valence-electron chi connectivity index (χ1n) is 7.50. The molecule has 0 unspecified atom stereocenters. The summed E-state index contributed by atoms with van der Waals surface area (Å²) in [6, 6.07) is 4.82. The summed E-state index contributed by atoms with van der Waals surface area (Å²) in [5.41, 5.74) is 0.602. The molecule has 2 N–H and O–H groups in total. The van der Waals surface area contributed by atoms with E-state index in [9.17, 15) is 17.6 Å². The highest BCUT2D eigenvalue weighted by atomic mass is 127. The van der Waals surface area contributed by atoms with Gasteiger partial charge in [0.15, 0.2) is 11.7 Å². The van der Waals surface area contributed by atoms with Gasteiger partial charge in [-0.3, -0.25) is 4.99 Å². The van der Waals surface area contributed by atoms with E-state index < -0.39 is 11.9 Å². The molecule has 2 rings (SSSR count). The first-order chi connectivity index (χ1) is 11.8. The average molecular weight is 502 g/mol. The molecule has 10 heteroatoms. The lowest BCUT2D eigenvalue weighted by molar-refractivity contribution is -0.140. The summed E-state index contributed by atoms with van der Waals surface area (Å²) in [6.07, 6.45) is -4.05. The van der Waals surface area contributed by atoms with E-state index in [1.165, 1.54) is 6.07 Å². The van der Waals surface area contributed by atoms with Gasteiger partial charge in [-0.05, 0) is 24.1 Å². The number of hydrogen-bond donors (Lipinski definition) is 2. The normalized spacial score (nSPS) is 11.8. The molecular weight excluding hydrogens is 483 g/mol. The smallest absolute Gasteiger partial charge is 0.356 e. The van der Waals surface area contributed by atoms with E-state index in [0.29, 0.717) is 36.0 Å². The standard InChI is InChI=1S/C16H18F4N4S.HI/c1-10-7-11(3-4-12(10)17)8-23-15(21-2)22-6-5-14-24-13(9-25-14)16(18,19)20;/h3-4,7,9H,5-6,8H2,1-2H3,(H2,21,22,23);1H. The van der Waals surface area contributed by atoms with Gasteiger partial charge in [0.1, 0.15) is 5.82 Å². The highest BCUT2D eigenvalue weighted by molar-refractivity contribution is 14.0. The molecule has 0 saturated heterocycles. The molecule has 1 aromatic carbocycles. The molecular formula is C16H19F4IN4S. The molecule has 144 valence electrons. The maximum absolute atomic E-state index is 13.2. The van der Waals surface area contributed by atoms with Crippen LogP contribution in [0.25, 0.3) is 0 Å². The molecule has 0 aliphatic rings. The second kappa shape index (κ2) is 10.0. The van der Waals surface area contributed by atoms with Crippen molar-refractivity contribution >= 4 is 41.3 Å². The van der Waals surface area contributed by atoms with Crippen molar-refractivity contribution in [3.63, 3.8) is 0 Å². The van der Waals surface area contributed by atoms with Crippen molar-refractivity contribution < 1.29 is 17.6 Å². The summed E-state index contributed by atoms with van der Waals surface area (Å²) in [5.74, 6) is 0.252. The Morgan fingerprint density at radius 3 is 2.58 bits per heavy atom. The van der Waals surface area contributed by atoms with Crippen LogP contribution in [0.5, 0.6) is 0 Å². The maximum atomic E-state index is 13.2. The number of halogens is 5. The quantitative estimate of drug-likeness (QED) is 0.280. The Kier molecular flexibility index (Phi) is 8.74. The van der Waals surface area contributed by atoms with Crippen LogP contribution in [0.15, 0.2) is 28.6 Å². The van der Waals surface area contributed by atoms with E-state index in [1.54, 1.807) is 26.1 Å². The Balaban J connectivity index is 0.00000338. The first kappa shape index (κ1) is 22.6. The van der Waals surface area contributed by atoms with Crippen molar-refractivity contribution in [2.75, 3.05) is 13.6 Å². The van der Waals surface area contributed by atoms with Gasteiger partial charge in [0.25, 0.3) is 0 Å². The second-order valence-electron chi connectivity index (χ2n) is 5.31. The van der Waals surface area contributed by atoms with Crippen molar-refractivity contribution in [1.82, 2.24) is 15.6 Å². The van der Waals surface area contributed by atoms with E-state index in [4.69, 9.17) is 0 Å². The Bertz CT molecular complexity index is 746. The number of rotatable bonds is 5. The summed E-state index contributed by atoms with van der Waals surface area (Å²) < 4.78 is 50.7. The van der Waals surface area contributed by atoms with E-state index in [1.807, 2.05) is 0 Å². The molecule has 1 aromatic heterocycles. The average Bonchev–Trinajstić information content (AvgIpc) is 3.03. The largest absolute Gasteiger partial charge is 0.434 e. The van der Waals surface area contributed by atoms with Crippen LogP contribution in [0.1, 0.15) is 21.8 Å². The highest BCUT2D eigenvalue weighted by Gasteiger charge is 2.33. The molecule has 26 heavy (non-hydrogen) atoms. The third kappa shape index (κ3) is 6.71. The number of nitrogens with one attached hydrogen (secondary N) is 2. The van der Waals surface area contributed by atoms with Crippen LogP contribution in [-0.2, 0) is 19.1 Å². The van der Waals surface area contributed by atoms with Crippen LogP contribution in [0, 0.1) is 12.7 Å². The van der Waals surface area contributed by atoms with Gasteiger partial charge >= 0.3 is 6.18 Å². The summed E-state index contributed by atoms with van der Waals surface area (Å²) in [4.78, 5) is 7.62. The zero-order chi connectivity index (χ0) is 18.4. The molecule has 0 aliphatic carbocycles. The number of guanidine groups is 1. The maximum Gasteiger partial charge on any atom is 0.434 e. The molecule has 4 nitrogen and oxygen atoms in total. The molecule has 0 radical (unpaired) electrons. The lowest BCUT2D eigenvalue weighted by atomic mass is 10.1. The van der Waals surface area contributed by atoms with Crippen molar-refractivity contribution in [3.05, 3.63) is 51.2 Å². The van der Waals surface area contributed by atoms with Gasteiger partial charge in [0.2, 0.25) is 0 Å². The van der Waals surface area contributed by atoms with Crippen LogP contribution < -0.4 is 10.6 Å². The molecule has 0 bridgehead atoms. The fourth-order valence-electron chi connectivity index (χ4n) is 2.07. The summed E-state index contributed by atoms with van der Waals surface area (Å²) >= 11 is 0.982. The minimum atomic E-state index is -4.41. The third-order valence-corrected chi connectivity index (χ3v) is 4.29. The van der Waals surface area contributed by atoms with E-state index in [2.05, 4.69) is 20.6 Å². The van der Waals surface area contributed by atoms with Gasteiger partial charge in [-0.2, -0.15) is 13.2 Å². The topological polar surface area (TPSA) is 49.3 Å². The van der Waals surface area contributed by atoms with E-state index >= 15 is 0 Å². The molecule has 0 amide bonds. The van der Waals surface area contributed by atoms with Crippen LogP contribution in [0.2, 0.25) is 0 Å². The SMILES string of the molecule is CN=C(NCCc1nc(C(F)(F)F)cs1)NCc1ccc(F)c(C)c1.I. The van der Waals surface area contributed by atoms with Crippen molar-refractivity contribution in [2.45, 2.75) is 26.1 Å². The predicted octanol–water partition coefficient (Wildman–Crippen LogP) is 4.14. The van der Waals surface area contributed by atoms with Crippen LogP contribution >= 0.6 is 35.3 Å². The van der Waals surface area contributed by atoms with Crippen molar-refractivity contribution in [1.29, 1.82) is 0 Å². The monoisotopic (exact) mass is 502 g/mol. The molecule has 0 spiro atoms. The van der Waals surface area contributed by atoms with E-state index in [-0.39, 0.29) is 29.8 Å². The molecule has 0 aliphatic heterocycles. The third-order valence-electron chi connectivity index (χ3n) is 3.38. The minimum Gasteiger partial charge on any atom is -0.356 e. The number of alkyl halides is 3. The summed E-state index contributed by atoms with van der Waals surface area (Å²) in [5, 5.41) is 7.50. The van der Waals surface area contributed by atoms with Gasteiger partial charge in [-0.1, -0.05) is 12.1 Å². The predicted molar refractivity (Wildman–Crippen MR) is 106 cm³/mol. The van der Waals surface area contributed by atoms with Crippen molar-refractivity contribution in [3.8, 4) is 0 Å². The zero-order valence-corrected chi connectivity index (χ0v) is 17.3. The minimum absolute atomic E-state index is 0. The zero-order valence-electron chi connectivity index (χ0n) is 14.2. The Morgan fingerprint density at radius 2 is 2.00 bits per heavy atom. The lowest BCUT2D eigenvalue weighted by Gasteiger charge is -2.12. The van der Waals surface area contributed by atoms with Gasteiger partial charge in [-0.15, -0.1) is 35.3 Å². The number of thiazole rings is 1. The van der Waals surface area contributed by atoms with Crippen LogP contribution in [0.4, 0.5) is 17.6 Å². The molecule has 0 saturated carbocycles. The molecule has 1 heterocycles.